The van der Waals surface area contributed by atoms with Crippen molar-refractivity contribution in [3.63, 3.8) is 0 Å². The Bertz CT molecular complexity index is 1420. The van der Waals surface area contributed by atoms with Gasteiger partial charge in [-0.25, -0.2) is 4.98 Å². The number of esters is 2. The van der Waals surface area contributed by atoms with Gasteiger partial charge >= 0.3 is 11.9 Å². The van der Waals surface area contributed by atoms with Crippen LogP contribution in [0.1, 0.15) is 90.5 Å². The van der Waals surface area contributed by atoms with Gasteiger partial charge in [0.1, 0.15) is 0 Å². The number of piperidine rings is 1. The summed E-state index contributed by atoms with van der Waals surface area (Å²) in [5.74, 6) is 0.307. The largest absolute Gasteiger partial charge is 0.455 e. The highest BCUT2D eigenvalue weighted by Crippen LogP contribution is 2.43. The summed E-state index contributed by atoms with van der Waals surface area (Å²) in [5, 5.41) is 11.0. The number of anilines is 2. The minimum atomic E-state index is -1.02. The third-order valence-corrected chi connectivity index (χ3v) is 8.20. The zero-order valence-corrected chi connectivity index (χ0v) is 26.2. The first-order valence-corrected chi connectivity index (χ1v) is 15.7. The predicted octanol–water partition coefficient (Wildman–Crippen LogP) is 4.01. The van der Waals surface area contributed by atoms with Gasteiger partial charge in [0.2, 0.25) is 5.95 Å². The zero-order chi connectivity index (χ0) is 31.2. The summed E-state index contributed by atoms with van der Waals surface area (Å²) in [7, 11) is 0. The molecule has 0 spiro atoms. The summed E-state index contributed by atoms with van der Waals surface area (Å²) in [5.41, 5.74) is 1.74. The number of nitrogens with one attached hydrogen (secondary N) is 2. The Kier molecular flexibility index (Phi) is 10.3. The lowest BCUT2D eigenvalue weighted by Crippen LogP contribution is -2.36. The molecule has 2 aliphatic heterocycles. The molecule has 3 aromatic rings. The SMILES string of the molecule is CCc1cc([C@H]2O[C@@H](n3cnc4c(NC(CC)CC)nc(NCCN5CCCCC5)nc43)[C@H](OC(C)=O)[C@@H]2OC(C)=O)on1. The number of imidazole rings is 1. The van der Waals surface area contributed by atoms with Crippen molar-refractivity contribution in [1.82, 2.24) is 29.6 Å². The number of ether oxygens (including phenoxy) is 3. The van der Waals surface area contributed by atoms with E-state index in [2.05, 4.69) is 39.5 Å². The first-order valence-electron chi connectivity index (χ1n) is 15.7. The molecule has 0 bridgehead atoms. The molecule has 0 aromatic carbocycles. The van der Waals surface area contributed by atoms with E-state index in [4.69, 9.17) is 28.7 Å². The molecule has 240 valence electrons. The van der Waals surface area contributed by atoms with Crippen molar-refractivity contribution in [2.45, 2.75) is 104 Å². The van der Waals surface area contributed by atoms with Crippen molar-refractivity contribution in [3.05, 3.63) is 23.8 Å². The van der Waals surface area contributed by atoms with Gasteiger partial charge in [-0.15, -0.1) is 0 Å². The molecule has 3 aromatic heterocycles. The topological polar surface area (TPSA) is 159 Å². The molecular weight excluding hydrogens is 568 g/mol. The average Bonchev–Trinajstić information content (AvgIpc) is 3.74. The van der Waals surface area contributed by atoms with Gasteiger partial charge in [0, 0.05) is 39.0 Å². The molecule has 44 heavy (non-hydrogen) atoms. The van der Waals surface area contributed by atoms with E-state index in [-0.39, 0.29) is 6.04 Å². The van der Waals surface area contributed by atoms with Gasteiger partial charge in [-0.1, -0.05) is 32.3 Å². The lowest BCUT2D eigenvalue weighted by atomic mass is 10.1. The fraction of sp³-hybridized carbons (Fsp3) is 0.667. The van der Waals surface area contributed by atoms with Crippen LogP contribution >= 0.6 is 0 Å². The molecule has 0 radical (unpaired) electrons. The molecule has 5 heterocycles. The molecule has 5 rings (SSSR count). The number of rotatable bonds is 13. The lowest BCUT2D eigenvalue weighted by Gasteiger charge is -2.26. The number of carbonyl (C=O) groups excluding carboxylic acids is 2. The van der Waals surface area contributed by atoms with E-state index < -0.39 is 36.5 Å². The minimum absolute atomic E-state index is 0.188. The monoisotopic (exact) mass is 612 g/mol. The van der Waals surface area contributed by atoms with Crippen LogP contribution in [0.15, 0.2) is 16.9 Å². The molecule has 14 heteroatoms. The van der Waals surface area contributed by atoms with Crippen LogP contribution in [0.2, 0.25) is 0 Å². The fourth-order valence-electron chi connectivity index (χ4n) is 5.84. The number of nitrogens with zero attached hydrogens (tertiary/aromatic N) is 6. The van der Waals surface area contributed by atoms with Crippen molar-refractivity contribution >= 4 is 34.9 Å². The van der Waals surface area contributed by atoms with E-state index >= 15 is 0 Å². The quantitative estimate of drug-likeness (QED) is 0.267. The number of likely N-dealkylation sites (tertiary alicyclic amines) is 1. The second-order valence-electron chi connectivity index (χ2n) is 11.4. The van der Waals surface area contributed by atoms with Crippen molar-refractivity contribution in [3.8, 4) is 0 Å². The number of fused-ring (bicyclic) bond motifs is 1. The highest BCUT2D eigenvalue weighted by Gasteiger charge is 2.52. The Balaban J connectivity index is 1.52. The maximum atomic E-state index is 12.3. The fourth-order valence-corrected chi connectivity index (χ4v) is 5.84. The normalized spacial score (nSPS) is 22.4. The lowest BCUT2D eigenvalue weighted by molar-refractivity contribution is -0.165. The second-order valence-corrected chi connectivity index (χ2v) is 11.4. The van der Waals surface area contributed by atoms with E-state index in [0.717, 1.165) is 38.2 Å². The van der Waals surface area contributed by atoms with E-state index in [1.807, 2.05) is 6.92 Å². The third kappa shape index (κ3) is 7.12. The summed E-state index contributed by atoms with van der Waals surface area (Å²) < 4.78 is 25.2. The van der Waals surface area contributed by atoms with Crippen LogP contribution in [0.3, 0.4) is 0 Å². The van der Waals surface area contributed by atoms with E-state index in [0.29, 0.717) is 41.7 Å². The predicted molar refractivity (Wildman–Crippen MR) is 162 cm³/mol. The van der Waals surface area contributed by atoms with Gasteiger partial charge in [0.25, 0.3) is 0 Å². The molecule has 2 aliphatic rings. The smallest absolute Gasteiger partial charge is 0.303 e. The van der Waals surface area contributed by atoms with Crippen LogP contribution in [-0.2, 0) is 30.2 Å². The zero-order valence-electron chi connectivity index (χ0n) is 26.2. The van der Waals surface area contributed by atoms with Crippen molar-refractivity contribution in [2.24, 2.45) is 0 Å². The van der Waals surface area contributed by atoms with Gasteiger partial charge in [-0.3, -0.25) is 14.2 Å². The first kappa shape index (κ1) is 31.6. The molecule has 14 nitrogen and oxygen atoms in total. The van der Waals surface area contributed by atoms with Crippen LogP contribution in [0.4, 0.5) is 11.8 Å². The van der Waals surface area contributed by atoms with Gasteiger partial charge < -0.3 is 34.3 Å². The van der Waals surface area contributed by atoms with Crippen molar-refractivity contribution in [2.75, 3.05) is 36.8 Å². The van der Waals surface area contributed by atoms with Crippen LogP contribution < -0.4 is 10.6 Å². The number of hydrogen-bond donors (Lipinski definition) is 2. The maximum absolute atomic E-state index is 12.3. The summed E-state index contributed by atoms with van der Waals surface area (Å²) in [4.78, 5) is 41.3. The van der Waals surface area contributed by atoms with Crippen molar-refractivity contribution < 1.29 is 28.3 Å². The molecule has 0 aliphatic carbocycles. The molecule has 2 fully saturated rings. The van der Waals surface area contributed by atoms with Crippen LogP contribution in [0, 0.1) is 0 Å². The molecule has 0 unspecified atom stereocenters. The number of carbonyl (C=O) groups is 2. The Morgan fingerprint density at radius 2 is 1.77 bits per heavy atom. The van der Waals surface area contributed by atoms with Gasteiger partial charge in [-0.05, 0) is 45.2 Å². The summed E-state index contributed by atoms with van der Waals surface area (Å²) >= 11 is 0. The molecule has 2 N–H and O–H groups in total. The first-order chi connectivity index (χ1) is 21.3. The molecule has 0 saturated carbocycles. The number of aryl methyl sites for hydroxylation is 1. The Morgan fingerprint density at radius 1 is 1.05 bits per heavy atom. The van der Waals surface area contributed by atoms with E-state index in [9.17, 15) is 9.59 Å². The minimum Gasteiger partial charge on any atom is -0.455 e. The van der Waals surface area contributed by atoms with Crippen molar-refractivity contribution in [1.29, 1.82) is 0 Å². The van der Waals surface area contributed by atoms with Crippen LogP contribution in [-0.4, -0.2) is 85.9 Å². The molecular formula is C30H44N8O6. The molecule has 4 atom stereocenters. The second kappa shape index (κ2) is 14.3. The Morgan fingerprint density at radius 3 is 2.43 bits per heavy atom. The highest BCUT2D eigenvalue weighted by atomic mass is 16.6. The van der Waals surface area contributed by atoms with E-state index in [1.54, 1.807) is 17.0 Å². The summed E-state index contributed by atoms with van der Waals surface area (Å²) in [6.45, 7) is 12.6. The summed E-state index contributed by atoms with van der Waals surface area (Å²) in [6, 6.07) is 1.94. The standard InChI is InChI=1S/C30H44N8O6/c1-6-20(7-2)33-27-23-28(35-30(34-27)31-12-15-37-13-10-9-11-14-37)38(17-32-23)29-26(42-19(5)40)25(41-18(4)39)24(43-29)22-16-21(8-3)36-44-22/h16-17,20,24-26,29H,6-15H2,1-5H3,(H2,31,33,34,35)/t24-,25-,26-,29-/m1/s1. The number of hydrogen-bond acceptors (Lipinski definition) is 13. The van der Waals surface area contributed by atoms with Gasteiger partial charge in [-0.2, -0.15) is 9.97 Å². The highest BCUT2D eigenvalue weighted by molar-refractivity contribution is 5.84. The van der Waals surface area contributed by atoms with Gasteiger partial charge in [0.15, 0.2) is 47.3 Å². The molecule has 0 amide bonds. The number of aromatic nitrogens is 5. The Hall–Kier alpha value is -3.78. The summed E-state index contributed by atoms with van der Waals surface area (Å²) in [6.07, 6.45) is 3.93. The molecule has 2 saturated heterocycles. The maximum Gasteiger partial charge on any atom is 0.303 e. The van der Waals surface area contributed by atoms with Crippen LogP contribution in [0.5, 0.6) is 0 Å². The van der Waals surface area contributed by atoms with Crippen LogP contribution in [0.25, 0.3) is 11.2 Å². The van der Waals surface area contributed by atoms with Gasteiger partial charge in [0.05, 0.1) is 12.0 Å². The average molecular weight is 613 g/mol. The Labute approximate surface area is 257 Å². The third-order valence-electron chi connectivity index (χ3n) is 8.20. The van der Waals surface area contributed by atoms with E-state index in [1.165, 1.54) is 33.1 Å².